The van der Waals surface area contributed by atoms with E-state index >= 15 is 0 Å². The molecule has 0 radical (unpaired) electrons. The normalized spacial score (nSPS) is 19.9. The molecule has 1 aliphatic rings. The molecule has 0 unspecified atom stereocenters. The van der Waals surface area contributed by atoms with Crippen molar-refractivity contribution in [1.82, 2.24) is 14.9 Å². The van der Waals surface area contributed by atoms with Crippen LogP contribution in [0.25, 0.3) is 22.1 Å². The van der Waals surface area contributed by atoms with Gasteiger partial charge in [0.25, 0.3) is 0 Å². The van der Waals surface area contributed by atoms with Crippen LogP contribution >= 0.6 is 11.8 Å². The number of thioether (sulfide) groups is 1. The number of nitrogens with zero attached hydrogens (tertiary/aromatic N) is 3. The van der Waals surface area contributed by atoms with Crippen molar-refractivity contribution >= 4 is 49.6 Å². The van der Waals surface area contributed by atoms with Gasteiger partial charge >= 0.3 is 0 Å². The van der Waals surface area contributed by atoms with Crippen LogP contribution in [0.1, 0.15) is 20.3 Å². The van der Waals surface area contributed by atoms with E-state index in [9.17, 15) is 13.2 Å². The third-order valence-corrected chi connectivity index (χ3v) is 7.85. The predicted octanol–water partition coefficient (Wildman–Crippen LogP) is 2.89. The van der Waals surface area contributed by atoms with E-state index < -0.39 is 15.1 Å². The lowest BCUT2D eigenvalue weighted by molar-refractivity contribution is -0.131. The number of carbonyl (C=O) groups is 1. The number of hydrogen-bond donors (Lipinski definition) is 0. The highest BCUT2D eigenvalue weighted by molar-refractivity contribution is 8.00. The Hall–Kier alpha value is -2.13. The summed E-state index contributed by atoms with van der Waals surface area (Å²) >= 11 is 1.31. The van der Waals surface area contributed by atoms with Crippen LogP contribution in [0.5, 0.6) is 0 Å². The van der Waals surface area contributed by atoms with Gasteiger partial charge in [0.05, 0.1) is 16.8 Å². The van der Waals surface area contributed by atoms with Gasteiger partial charge < -0.3 is 9.32 Å². The molecular weight excluding hydrogens is 398 g/mol. The first-order valence-electron chi connectivity index (χ1n) is 9.19. The number of rotatable bonds is 5. The van der Waals surface area contributed by atoms with Crippen LogP contribution in [0.4, 0.5) is 0 Å². The molecule has 0 bridgehead atoms. The number of amides is 1. The standard InChI is InChI=1S/C19H21N3O4S2/c1-3-22(13-8-9-28(24,25)10-13)19(23)12(2)27-18-17-16(20-11-21-18)14-6-4-5-7-15(14)26-17/h4-7,11-13H,3,8-10H2,1-2H3/t12-,13-/m0/s1. The van der Waals surface area contributed by atoms with Gasteiger partial charge in [0, 0.05) is 18.0 Å². The fraction of sp³-hybridized carbons (Fsp3) is 0.421. The van der Waals surface area contributed by atoms with Crippen LogP contribution in [0.15, 0.2) is 40.0 Å². The molecule has 0 aliphatic carbocycles. The number of aromatic nitrogens is 2. The number of furan rings is 1. The van der Waals surface area contributed by atoms with Gasteiger partial charge in [-0.2, -0.15) is 0 Å². The second-order valence-electron chi connectivity index (χ2n) is 6.90. The molecule has 9 heteroatoms. The average Bonchev–Trinajstić information content (AvgIpc) is 3.23. The quantitative estimate of drug-likeness (QED) is 0.464. The molecular formula is C19H21N3O4S2. The van der Waals surface area contributed by atoms with Gasteiger partial charge in [-0.3, -0.25) is 4.79 Å². The lowest BCUT2D eigenvalue weighted by Gasteiger charge is -2.29. The lowest BCUT2D eigenvalue weighted by atomic mass is 10.2. The van der Waals surface area contributed by atoms with Crippen molar-refractivity contribution in [2.24, 2.45) is 0 Å². The zero-order valence-corrected chi connectivity index (χ0v) is 17.3. The second kappa shape index (κ2) is 7.36. The Kier molecular flexibility index (Phi) is 5.05. The number of para-hydroxylation sites is 1. The minimum atomic E-state index is -3.05. The summed E-state index contributed by atoms with van der Waals surface area (Å²) in [5.41, 5.74) is 2.02. The number of benzene rings is 1. The molecule has 1 aromatic carbocycles. The molecule has 3 heterocycles. The summed E-state index contributed by atoms with van der Waals surface area (Å²) in [5, 5.41) is 1.10. The molecule has 2 atom stereocenters. The van der Waals surface area contributed by atoms with E-state index in [1.807, 2.05) is 38.1 Å². The van der Waals surface area contributed by atoms with Crippen molar-refractivity contribution in [3.63, 3.8) is 0 Å². The second-order valence-corrected chi connectivity index (χ2v) is 10.5. The van der Waals surface area contributed by atoms with E-state index in [-0.39, 0.29) is 23.5 Å². The van der Waals surface area contributed by atoms with Gasteiger partial charge in [-0.15, -0.1) is 0 Å². The molecule has 1 amide bonds. The molecule has 0 N–H and O–H groups in total. The zero-order valence-electron chi connectivity index (χ0n) is 15.7. The summed E-state index contributed by atoms with van der Waals surface area (Å²) in [6.07, 6.45) is 1.98. The maximum atomic E-state index is 13.0. The van der Waals surface area contributed by atoms with Crippen molar-refractivity contribution in [2.45, 2.75) is 36.6 Å². The van der Waals surface area contributed by atoms with Crippen molar-refractivity contribution < 1.29 is 17.6 Å². The first-order valence-corrected chi connectivity index (χ1v) is 11.9. The van der Waals surface area contributed by atoms with E-state index in [1.54, 1.807) is 4.90 Å². The smallest absolute Gasteiger partial charge is 0.236 e. The van der Waals surface area contributed by atoms with Crippen LogP contribution in [-0.4, -0.2) is 58.5 Å². The third kappa shape index (κ3) is 3.48. The first-order chi connectivity index (χ1) is 13.4. The fourth-order valence-corrected chi connectivity index (χ4v) is 6.31. The van der Waals surface area contributed by atoms with Crippen molar-refractivity contribution in [3.05, 3.63) is 30.6 Å². The van der Waals surface area contributed by atoms with Crippen LogP contribution in [0, 0.1) is 0 Å². The number of hydrogen-bond acceptors (Lipinski definition) is 7. The van der Waals surface area contributed by atoms with Gasteiger partial charge in [-0.05, 0) is 32.4 Å². The average molecular weight is 420 g/mol. The maximum Gasteiger partial charge on any atom is 0.236 e. The Morgan fingerprint density at radius 1 is 1.36 bits per heavy atom. The topological polar surface area (TPSA) is 93.4 Å². The van der Waals surface area contributed by atoms with E-state index in [0.29, 0.717) is 23.6 Å². The molecule has 148 valence electrons. The SMILES string of the molecule is CCN(C(=O)[C@H](C)Sc1ncnc2c1oc1ccccc12)[C@H]1CCS(=O)(=O)C1. The zero-order chi connectivity index (χ0) is 19.9. The van der Waals surface area contributed by atoms with Crippen LogP contribution < -0.4 is 0 Å². The summed E-state index contributed by atoms with van der Waals surface area (Å²) < 4.78 is 29.5. The Bertz CT molecular complexity index is 1140. The Morgan fingerprint density at radius 2 is 2.14 bits per heavy atom. The number of fused-ring (bicyclic) bond motifs is 3. The van der Waals surface area contributed by atoms with Gasteiger partial charge in [-0.25, -0.2) is 18.4 Å². The lowest BCUT2D eigenvalue weighted by Crippen LogP contribution is -2.44. The summed E-state index contributed by atoms with van der Waals surface area (Å²) in [6.45, 7) is 4.17. The Morgan fingerprint density at radius 3 is 2.86 bits per heavy atom. The van der Waals surface area contributed by atoms with Crippen LogP contribution in [0.2, 0.25) is 0 Å². The largest absolute Gasteiger partial charge is 0.451 e. The van der Waals surface area contributed by atoms with Gasteiger partial charge in [0.1, 0.15) is 22.5 Å². The van der Waals surface area contributed by atoms with E-state index in [2.05, 4.69) is 9.97 Å². The molecule has 2 aromatic heterocycles. The Balaban J connectivity index is 1.59. The molecule has 0 saturated carbocycles. The van der Waals surface area contributed by atoms with Gasteiger partial charge in [0.15, 0.2) is 15.4 Å². The monoisotopic (exact) mass is 419 g/mol. The highest BCUT2D eigenvalue weighted by atomic mass is 32.2. The highest BCUT2D eigenvalue weighted by Crippen LogP contribution is 2.34. The van der Waals surface area contributed by atoms with Gasteiger partial charge in [-0.1, -0.05) is 23.9 Å². The Labute approximate surface area is 167 Å². The van der Waals surface area contributed by atoms with Gasteiger partial charge in [0.2, 0.25) is 5.91 Å². The highest BCUT2D eigenvalue weighted by Gasteiger charge is 2.35. The molecule has 1 saturated heterocycles. The number of carbonyl (C=O) groups excluding carboxylic acids is 1. The predicted molar refractivity (Wildman–Crippen MR) is 109 cm³/mol. The molecule has 1 fully saturated rings. The molecule has 1 aliphatic heterocycles. The summed E-state index contributed by atoms with van der Waals surface area (Å²) in [4.78, 5) is 23.4. The summed E-state index contributed by atoms with van der Waals surface area (Å²) in [5.74, 6) is 0.109. The molecule has 4 rings (SSSR count). The molecule has 7 nitrogen and oxygen atoms in total. The van der Waals surface area contributed by atoms with E-state index in [1.165, 1.54) is 18.1 Å². The minimum Gasteiger partial charge on any atom is -0.451 e. The van der Waals surface area contributed by atoms with Crippen molar-refractivity contribution in [2.75, 3.05) is 18.1 Å². The van der Waals surface area contributed by atoms with E-state index in [4.69, 9.17) is 4.42 Å². The molecule has 0 spiro atoms. The van der Waals surface area contributed by atoms with Crippen LogP contribution in [0.3, 0.4) is 0 Å². The van der Waals surface area contributed by atoms with Crippen molar-refractivity contribution in [1.29, 1.82) is 0 Å². The van der Waals surface area contributed by atoms with Crippen LogP contribution in [-0.2, 0) is 14.6 Å². The minimum absolute atomic E-state index is 0.0469. The summed E-state index contributed by atoms with van der Waals surface area (Å²) in [6, 6.07) is 7.39. The number of sulfone groups is 1. The summed E-state index contributed by atoms with van der Waals surface area (Å²) in [7, 11) is -3.05. The van der Waals surface area contributed by atoms with Crippen molar-refractivity contribution in [3.8, 4) is 0 Å². The first kappa shape index (κ1) is 19.2. The third-order valence-electron chi connectivity index (χ3n) is 5.03. The fourth-order valence-electron chi connectivity index (χ4n) is 3.65. The molecule has 28 heavy (non-hydrogen) atoms. The molecule has 3 aromatic rings. The van der Waals surface area contributed by atoms with E-state index in [0.717, 1.165) is 16.5 Å². The maximum absolute atomic E-state index is 13.0.